The van der Waals surface area contributed by atoms with Crippen LogP contribution in [0.3, 0.4) is 0 Å². The molecular weight excluding hydrogens is 267 g/mol. The molecule has 0 aliphatic rings. The quantitative estimate of drug-likeness (QED) is 0.836. The van der Waals surface area contributed by atoms with Crippen molar-refractivity contribution >= 4 is 5.69 Å². The van der Waals surface area contributed by atoms with Crippen LogP contribution in [0.1, 0.15) is 24.2 Å². The molecule has 0 saturated heterocycles. The number of hydrogen-bond acceptors (Lipinski definition) is 2. The Labute approximate surface area is 114 Å². The maximum absolute atomic E-state index is 13.5. The molecular formula is C15H14F3NO. The molecule has 0 saturated carbocycles. The van der Waals surface area contributed by atoms with Gasteiger partial charge in [-0.25, -0.2) is 13.2 Å². The number of benzene rings is 2. The largest absolute Gasteiger partial charge is 0.389 e. The molecule has 0 heterocycles. The molecule has 2 aromatic rings. The van der Waals surface area contributed by atoms with Crippen LogP contribution in [0, 0.1) is 17.5 Å². The van der Waals surface area contributed by atoms with E-state index in [1.807, 2.05) is 0 Å². The van der Waals surface area contributed by atoms with Crippen molar-refractivity contribution in [2.45, 2.75) is 19.6 Å². The van der Waals surface area contributed by atoms with Crippen molar-refractivity contribution in [3.05, 3.63) is 65.0 Å². The molecule has 0 aliphatic carbocycles. The van der Waals surface area contributed by atoms with Gasteiger partial charge in [-0.15, -0.1) is 0 Å². The monoisotopic (exact) mass is 281 g/mol. The summed E-state index contributed by atoms with van der Waals surface area (Å²) < 4.78 is 39.4. The highest BCUT2D eigenvalue weighted by molar-refractivity contribution is 5.52. The van der Waals surface area contributed by atoms with Crippen molar-refractivity contribution in [3.63, 3.8) is 0 Å². The number of nitrogens with one attached hydrogen (secondary N) is 1. The molecule has 0 amide bonds. The number of hydrogen-bond donors (Lipinski definition) is 2. The smallest absolute Gasteiger partial charge is 0.161 e. The van der Waals surface area contributed by atoms with Crippen molar-refractivity contribution in [3.8, 4) is 0 Å². The van der Waals surface area contributed by atoms with Gasteiger partial charge in [0.1, 0.15) is 5.82 Å². The summed E-state index contributed by atoms with van der Waals surface area (Å²) in [5.41, 5.74) is 1.28. The zero-order chi connectivity index (χ0) is 14.7. The van der Waals surface area contributed by atoms with Gasteiger partial charge in [0, 0.05) is 29.4 Å². The maximum atomic E-state index is 13.5. The molecule has 0 radical (unpaired) electrons. The molecule has 2 nitrogen and oxygen atoms in total. The highest BCUT2D eigenvalue weighted by Gasteiger charge is 2.11. The minimum absolute atomic E-state index is 0.00718. The third-order valence-electron chi connectivity index (χ3n) is 2.97. The molecule has 1 unspecified atom stereocenters. The Balaban J connectivity index is 2.19. The van der Waals surface area contributed by atoms with Crippen LogP contribution in [0.5, 0.6) is 0 Å². The summed E-state index contributed by atoms with van der Waals surface area (Å²) in [5, 5.41) is 12.5. The maximum Gasteiger partial charge on any atom is 0.161 e. The first-order valence-electron chi connectivity index (χ1n) is 6.13. The second-order valence-corrected chi connectivity index (χ2v) is 4.47. The van der Waals surface area contributed by atoms with Crippen LogP contribution in [-0.4, -0.2) is 5.11 Å². The SMILES string of the molecule is CC(O)c1ccccc1NCc1cc(F)c(F)cc1F. The number of halogens is 3. The summed E-state index contributed by atoms with van der Waals surface area (Å²) in [6.45, 7) is 1.60. The Bertz CT molecular complexity index is 614. The van der Waals surface area contributed by atoms with Crippen LogP contribution >= 0.6 is 0 Å². The normalized spacial score (nSPS) is 12.2. The first kappa shape index (κ1) is 14.4. The number of para-hydroxylation sites is 1. The van der Waals surface area contributed by atoms with E-state index in [2.05, 4.69) is 5.32 Å². The molecule has 0 fully saturated rings. The fraction of sp³-hybridized carbons (Fsp3) is 0.200. The Morgan fingerprint density at radius 3 is 2.40 bits per heavy atom. The average molecular weight is 281 g/mol. The van der Waals surface area contributed by atoms with Gasteiger partial charge in [-0.3, -0.25) is 0 Å². The van der Waals surface area contributed by atoms with Gasteiger partial charge in [-0.1, -0.05) is 18.2 Å². The topological polar surface area (TPSA) is 32.3 Å². The predicted molar refractivity (Wildman–Crippen MR) is 70.7 cm³/mol. The van der Waals surface area contributed by atoms with Gasteiger partial charge in [-0.05, 0) is 19.1 Å². The Hall–Kier alpha value is -2.01. The molecule has 106 valence electrons. The molecule has 1 atom stereocenters. The Kier molecular flexibility index (Phi) is 4.29. The van der Waals surface area contributed by atoms with E-state index in [0.717, 1.165) is 6.07 Å². The molecule has 5 heteroatoms. The third-order valence-corrected chi connectivity index (χ3v) is 2.97. The molecule has 2 rings (SSSR count). The van der Waals surface area contributed by atoms with E-state index in [0.29, 0.717) is 17.3 Å². The highest BCUT2D eigenvalue weighted by Crippen LogP contribution is 2.23. The van der Waals surface area contributed by atoms with E-state index in [9.17, 15) is 18.3 Å². The molecule has 0 aromatic heterocycles. The van der Waals surface area contributed by atoms with Crippen LogP contribution in [-0.2, 0) is 6.54 Å². The van der Waals surface area contributed by atoms with Crippen LogP contribution in [0.4, 0.5) is 18.9 Å². The van der Waals surface area contributed by atoms with E-state index in [4.69, 9.17) is 0 Å². The van der Waals surface area contributed by atoms with Gasteiger partial charge in [0.15, 0.2) is 11.6 Å². The van der Waals surface area contributed by atoms with Crippen molar-refractivity contribution in [2.24, 2.45) is 0 Å². The number of rotatable bonds is 4. The van der Waals surface area contributed by atoms with Crippen molar-refractivity contribution in [1.29, 1.82) is 0 Å². The minimum Gasteiger partial charge on any atom is -0.389 e. The van der Waals surface area contributed by atoms with Gasteiger partial charge < -0.3 is 10.4 Å². The molecule has 2 aromatic carbocycles. The summed E-state index contributed by atoms with van der Waals surface area (Å²) in [6.07, 6.45) is -0.687. The zero-order valence-electron chi connectivity index (χ0n) is 10.8. The molecule has 0 spiro atoms. The van der Waals surface area contributed by atoms with E-state index < -0.39 is 23.6 Å². The number of aliphatic hydroxyl groups excluding tert-OH is 1. The van der Waals surface area contributed by atoms with Crippen LogP contribution in [0.15, 0.2) is 36.4 Å². The molecule has 2 N–H and O–H groups in total. The highest BCUT2D eigenvalue weighted by atomic mass is 19.2. The molecule has 20 heavy (non-hydrogen) atoms. The first-order chi connectivity index (χ1) is 9.49. The van der Waals surface area contributed by atoms with Gasteiger partial charge in [0.25, 0.3) is 0 Å². The lowest BCUT2D eigenvalue weighted by Crippen LogP contribution is -2.06. The Morgan fingerprint density at radius 2 is 1.70 bits per heavy atom. The third kappa shape index (κ3) is 3.11. The predicted octanol–water partition coefficient (Wildman–Crippen LogP) is 3.77. The van der Waals surface area contributed by atoms with Gasteiger partial charge in [0.2, 0.25) is 0 Å². The minimum atomic E-state index is -1.21. The van der Waals surface area contributed by atoms with Crippen molar-refractivity contribution in [1.82, 2.24) is 0 Å². The first-order valence-corrected chi connectivity index (χ1v) is 6.13. The van der Waals surface area contributed by atoms with Gasteiger partial charge >= 0.3 is 0 Å². The fourth-order valence-electron chi connectivity index (χ4n) is 1.91. The van der Waals surface area contributed by atoms with Gasteiger partial charge in [0.05, 0.1) is 6.10 Å². The van der Waals surface area contributed by atoms with E-state index in [1.165, 1.54) is 0 Å². The average Bonchev–Trinajstić information content (AvgIpc) is 2.41. The summed E-state index contributed by atoms with van der Waals surface area (Å²) in [7, 11) is 0. The number of anilines is 1. The van der Waals surface area contributed by atoms with Gasteiger partial charge in [-0.2, -0.15) is 0 Å². The van der Waals surface area contributed by atoms with E-state index in [1.54, 1.807) is 31.2 Å². The number of aliphatic hydroxyl groups is 1. The van der Waals surface area contributed by atoms with Crippen molar-refractivity contribution in [2.75, 3.05) is 5.32 Å². The summed E-state index contributed by atoms with van der Waals surface area (Å²) in [5.74, 6) is -3.12. The summed E-state index contributed by atoms with van der Waals surface area (Å²) in [6, 6.07) is 8.32. The second kappa shape index (κ2) is 5.96. The van der Waals surface area contributed by atoms with Crippen LogP contribution < -0.4 is 5.32 Å². The molecule has 0 bridgehead atoms. The Morgan fingerprint density at radius 1 is 1.05 bits per heavy atom. The zero-order valence-corrected chi connectivity index (χ0v) is 10.8. The lowest BCUT2D eigenvalue weighted by molar-refractivity contribution is 0.200. The van der Waals surface area contributed by atoms with E-state index in [-0.39, 0.29) is 12.1 Å². The van der Waals surface area contributed by atoms with Crippen LogP contribution in [0.2, 0.25) is 0 Å². The lowest BCUT2D eigenvalue weighted by Gasteiger charge is -2.14. The summed E-state index contributed by atoms with van der Waals surface area (Å²) >= 11 is 0. The van der Waals surface area contributed by atoms with E-state index >= 15 is 0 Å². The molecule has 0 aliphatic heterocycles. The lowest BCUT2D eigenvalue weighted by atomic mass is 10.1. The summed E-state index contributed by atoms with van der Waals surface area (Å²) in [4.78, 5) is 0. The fourth-order valence-corrected chi connectivity index (χ4v) is 1.91. The second-order valence-electron chi connectivity index (χ2n) is 4.47. The van der Waals surface area contributed by atoms with Crippen LogP contribution in [0.25, 0.3) is 0 Å². The standard InChI is InChI=1S/C15H14F3NO/c1-9(20)11-4-2-3-5-15(11)19-8-10-6-13(17)14(18)7-12(10)16/h2-7,9,19-20H,8H2,1H3. The van der Waals surface area contributed by atoms with Crippen molar-refractivity contribution < 1.29 is 18.3 Å².